The van der Waals surface area contributed by atoms with Gasteiger partial charge in [-0.05, 0) is 10.4 Å². The van der Waals surface area contributed by atoms with Gasteiger partial charge in [-0.15, -0.1) is 9.35 Å². The van der Waals surface area contributed by atoms with Gasteiger partial charge in [-0.3, -0.25) is 9.59 Å². The second kappa shape index (κ2) is 4.56. The van der Waals surface area contributed by atoms with Gasteiger partial charge in [-0.25, -0.2) is 9.59 Å². The SMILES string of the molecule is O=c1cc[nH]c(=O)n1N=Nn1c(=O)[nH]cc(O)c1=O. The zero-order valence-corrected chi connectivity index (χ0v) is 9.10. The van der Waals surface area contributed by atoms with Crippen molar-refractivity contribution in [1.29, 1.82) is 0 Å². The molecule has 2 aromatic rings. The first-order chi connectivity index (χ1) is 9.00. The summed E-state index contributed by atoms with van der Waals surface area (Å²) in [5.74, 6) is -0.770. The summed E-state index contributed by atoms with van der Waals surface area (Å²) >= 11 is 0. The van der Waals surface area contributed by atoms with Gasteiger partial charge in [-0.1, -0.05) is 0 Å². The minimum absolute atomic E-state index is 0.161. The fourth-order valence-electron chi connectivity index (χ4n) is 1.12. The van der Waals surface area contributed by atoms with Gasteiger partial charge in [-0.2, -0.15) is 0 Å². The Morgan fingerprint density at radius 3 is 2.32 bits per heavy atom. The van der Waals surface area contributed by atoms with E-state index in [1.165, 1.54) is 0 Å². The summed E-state index contributed by atoms with van der Waals surface area (Å²) in [7, 11) is 0. The number of nitrogens with one attached hydrogen (secondary N) is 2. The Balaban J connectivity index is 2.60. The van der Waals surface area contributed by atoms with Gasteiger partial charge < -0.3 is 15.1 Å². The smallest absolute Gasteiger partial charge is 0.351 e. The van der Waals surface area contributed by atoms with Crippen LogP contribution in [-0.2, 0) is 0 Å². The van der Waals surface area contributed by atoms with Gasteiger partial charge in [0.1, 0.15) is 0 Å². The highest BCUT2D eigenvalue weighted by Crippen LogP contribution is 1.90. The van der Waals surface area contributed by atoms with Gasteiger partial charge in [0.05, 0.1) is 6.20 Å². The van der Waals surface area contributed by atoms with E-state index in [4.69, 9.17) is 5.11 Å². The summed E-state index contributed by atoms with van der Waals surface area (Å²) in [6.45, 7) is 0. The lowest BCUT2D eigenvalue weighted by molar-refractivity contribution is 0.449. The first-order valence-electron chi connectivity index (χ1n) is 4.77. The molecule has 0 radical (unpaired) electrons. The van der Waals surface area contributed by atoms with Crippen LogP contribution in [0.3, 0.4) is 0 Å². The summed E-state index contributed by atoms with van der Waals surface area (Å²) in [6, 6.07) is 0.996. The van der Waals surface area contributed by atoms with Crippen LogP contribution in [0.4, 0.5) is 0 Å². The van der Waals surface area contributed by atoms with Gasteiger partial charge in [0, 0.05) is 12.3 Å². The van der Waals surface area contributed by atoms with Crippen LogP contribution in [0.5, 0.6) is 5.75 Å². The number of hydrogen-bond acceptors (Lipinski definition) is 7. The van der Waals surface area contributed by atoms with E-state index in [0.717, 1.165) is 18.5 Å². The normalized spacial score (nSPS) is 10.9. The van der Waals surface area contributed by atoms with E-state index in [1.807, 2.05) is 4.98 Å². The van der Waals surface area contributed by atoms with Crippen molar-refractivity contribution in [2.45, 2.75) is 0 Å². The molecule has 0 aliphatic rings. The van der Waals surface area contributed by atoms with Crippen molar-refractivity contribution in [1.82, 2.24) is 19.3 Å². The summed E-state index contributed by atoms with van der Waals surface area (Å²) < 4.78 is 0.462. The monoisotopic (exact) mass is 266 g/mol. The fraction of sp³-hybridized carbons (Fsp3) is 0. The third kappa shape index (κ3) is 2.24. The maximum Gasteiger partial charge on any atom is 0.351 e. The van der Waals surface area contributed by atoms with Crippen LogP contribution in [0.25, 0.3) is 0 Å². The van der Waals surface area contributed by atoms with E-state index >= 15 is 0 Å². The molecular weight excluding hydrogens is 260 g/mol. The molecule has 11 nitrogen and oxygen atoms in total. The molecule has 3 N–H and O–H groups in total. The molecule has 0 unspecified atom stereocenters. The number of hydrogen-bond donors (Lipinski definition) is 3. The molecule has 0 saturated carbocycles. The highest BCUT2D eigenvalue weighted by molar-refractivity contribution is 5.08. The zero-order valence-electron chi connectivity index (χ0n) is 9.10. The number of aromatic amines is 2. The maximum atomic E-state index is 11.3. The number of rotatable bonds is 2. The molecule has 19 heavy (non-hydrogen) atoms. The van der Waals surface area contributed by atoms with Crippen molar-refractivity contribution in [2.75, 3.05) is 0 Å². The average molecular weight is 266 g/mol. The lowest BCUT2D eigenvalue weighted by Crippen LogP contribution is -2.33. The Morgan fingerprint density at radius 1 is 1.00 bits per heavy atom. The molecule has 2 rings (SSSR count). The maximum absolute atomic E-state index is 11.3. The lowest BCUT2D eigenvalue weighted by atomic mass is 10.6. The molecule has 98 valence electrons. The van der Waals surface area contributed by atoms with Crippen LogP contribution in [-0.4, -0.2) is 24.4 Å². The molecule has 0 atom stereocenters. The summed E-state index contributed by atoms with van der Waals surface area (Å²) in [5, 5.41) is 15.4. The average Bonchev–Trinajstić information content (AvgIpc) is 2.37. The van der Waals surface area contributed by atoms with Crippen LogP contribution in [0.2, 0.25) is 0 Å². The molecule has 0 aliphatic heterocycles. The Hall–Kier alpha value is -3.24. The Kier molecular flexibility index (Phi) is 2.93. The zero-order chi connectivity index (χ0) is 14.0. The topological polar surface area (TPSA) is 155 Å². The minimum atomic E-state index is -1.15. The van der Waals surface area contributed by atoms with E-state index in [2.05, 4.69) is 15.4 Å². The van der Waals surface area contributed by atoms with Crippen LogP contribution in [0.15, 0.2) is 48.1 Å². The summed E-state index contributed by atoms with van der Waals surface area (Å²) in [6.07, 6.45) is 1.88. The first-order valence-corrected chi connectivity index (χ1v) is 4.77. The molecule has 0 spiro atoms. The van der Waals surface area contributed by atoms with Gasteiger partial charge >= 0.3 is 16.9 Å². The molecule has 0 saturated heterocycles. The van der Waals surface area contributed by atoms with Crippen LogP contribution < -0.4 is 22.5 Å². The van der Waals surface area contributed by atoms with E-state index < -0.39 is 28.2 Å². The van der Waals surface area contributed by atoms with Crippen LogP contribution in [0.1, 0.15) is 0 Å². The first kappa shape index (κ1) is 12.2. The second-order valence-electron chi connectivity index (χ2n) is 3.21. The Bertz CT molecular complexity index is 840. The molecule has 0 amide bonds. The minimum Gasteiger partial charge on any atom is -0.502 e. The van der Waals surface area contributed by atoms with Crippen molar-refractivity contribution < 1.29 is 5.11 Å². The standard InChI is InChI=1S/C8H6N6O5/c15-4-3-10-8(19)14(6(4)17)12-11-13-5(16)1-2-9-7(13)18/h1-3,15H,(H,9,18)(H,10,19). The third-order valence-corrected chi connectivity index (χ3v) is 1.99. The molecule has 0 aromatic carbocycles. The fourth-order valence-corrected chi connectivity index (χ4v) is 1.12. The molecule has 0 fully saturated rings. The van der Waals surface area contributed by atoms with Crippen LogP contribution >= 0.6 is 0 Å². The molecule has 0 bridgehead atoms. The largest absolute Gasteiger partial charge is 0.502 e. The molecule has 11 heteroatoms. The number of H-pyrrole nitrogens is 2. The second-order valence-corrected chi connectivity index (χ2v) is 3.21. The summed E-state index contributed by atoms with van der Waals surface area (Å²) in [5.41, 5.74) is -3.85. The summed E-state index contributed by atoms with van der Waals surface area (Å²) in [4.78, 5) is 49.2. The highest BCUT2D eigenvalue weighted by Gasteiger charge is 2.05. The van der Waals surface area contributed by atoms with Crippen molar-refractivity contribution >= 4 is 0 Å². The van der Waals surface area contributed by atoms with Crippen molar-refractivity contribution in [3.63, 3.8) is 0 Å². The van der Waals surface area contributed by atoms with E-state index in [9.17, 15) is 19.2 Å². The van der Waals surface area contributed by atoms with Gasteiger partial charge in [0.2, 0.25) is 0 Å². The van der Waals surface area contributed by atoms with Crippen molar-refractivity contribution in [3.05, 3.63) is 60.1 Å². The molecule has 2 aromatic heterocycles. The Morgan fingerprint density at radius 2 is 1.63 bits per heavy atom. The van der Waals surface area contributed by atoms with Gasteiger partial charge in [0.25, 0.3) is 5.56 Å². The Labute approximate surface area is 102 Å². The third-order valence-electron chi connectivity index (χ3n) is 1.99. The lowest BCUT2D eigenvalue weighted by Gasteiger charge is -1.96. The van der Waals surface area contributed by atoms with E-state index in [-0.39, 0.29) is 4.68 Å². The van der Waals surface area contributed by atoms with Crippen LogP contribution in [0, 0.1) is 0 Å². The quantitative estimate of drug-likeness (QED) is 0.524. The molecular formula is C8H6N6O5. The number of aromatic hydroxyl groups is 1. The predicted molar refractivity (Wildman–Crippen MR) is 60.0 cm³/mol. The van der Waals surface area contributed by atoms with Crippen molar-refractivity contribution in [3.8, 4) is 5.75 Å². The van der Waals surface area contributed by atoms with Crippen molar-refractivity contribution in [2.24, 2.45) is 10.4 Å². The highest BCUT2D eigenvalue weighted by atomic mass is 16.3. The predicted octanol–water partition coefficient (Wildman–Crippen LogP) is -2.23. The number of aromatic nitrogens is 4. The van der Waals surface area contributed by atoms with Gasteiger partial charge in [0.15, 0.2) is 5.75 Å². The number of nitrogens with zero attached hydrogens (tertiary/aromatic N) is 4. The molecule has 2 heterocycles. The molecule has 0 aliphatic carbocycles. The van der Waals surface area contributed by atoms with E-state index in [1.54, 1.807) is 0 Å². The van der Waals surface area contributed by atoms with E-state index in [0.29, 0.717) is 4.68 Å².